The van der Waals surface area contributed by atoms with Crippen LogP contribution >= 0.6 is 0 Å². The molecule has 1 saturated carbocycles. The molecule has 0 radical (unpaired) electrons. The van der Waals surface area contributed by atoms with Crippen molar-refractivity contribution in [2.45, 2.75) is 39.7 Å². The number of hydrogen-bond acceptors (Lipinski definition) is 1. The highest BCUT2D eigenvalue weighted by atomic mass is 14.7. The number of rotatable bonds is 1. The van der Waals surface area contributed by atoms with E-state index >= 15 is 0 Å². The lowest BCUT2D eigenvalue weighted by Gasteiger charge is -2.16. The van der Waals surface area contributed by atoms with Gasteiger partial charge in [-0.25, -0.2) is 0 Å². The molecule has 1 nitrogen and oxygen atoms in total. The fourth-order valence-corrected chi connectivity index (χ4v) is 1.29. The smallest absolute Gasteiger partial charge is 0.00711 e. The van der Waals surface area contributed by atoms with Crippen LogP contribution in [0.3, 0.4) is 0 Å². The normalized spacial score (nSPS) is 34.7. The van der Waals surface area contributed by atoms with Crippen LogP contribution < -0.4 is 5.73 Å². The van der Waals surface area contributed by atoms with Gasteiger partial charge < -0.3 is 5.73 Å². The molecule has 0 amide bonds. The molecule has 0 saturated heterocycles. The number of nitrogens with two attached hydrogens (primary N) is 1. The van der Waals surface area contributed by atoms with Crippen molar-refractivity contribution in [3.05, 3.63) is 0 Å². The molecule has 1 aliphatic rings. The molecule has 1 heteroatoms. The quantitative estimate of drug-likeness (QED) is 0.570. The second-order valence-corrected chi connectivity index (χ2v) is 4.42. The van der Waals surface area contributed by atoms with Crippen molar-refractivity contribution in [2.75, 3.05) is 0 Å². The van der Waals surface area contributed by atoms with Gasteiger partial charge >= 0.3 is 0 Å². The van der Waals surface area contributed by atoms with Crippen LogP contribution in [0.15, 0.2) is 0 Å². The van der Waals surface area contributed by atoms with E-state index in [9.17, 15) is 0 Å². The molecule has 1 rings (SSSR count). The van der Waals surface area contributed by atoms with Crippen LogP contribution in [-0.4, -0.2) is 6.04 Å². The van der Waals surface area contributed by atoms with Crippen LogP contribution in [0.1, 0.15) is 33.6 Å². The van der Waals surface area contributed by atoms with E-state index < -0.39 is 0 Å². The van der Waals surface area contributed by atoms with Crippen LogP contribution in [0.25, 0.3) is 0 Å². The van der Waals surface area contributed by atoms with Crippen molar-refractivity contribution >= 4 is 0 Å². The van der Waals surface area contributed by atoms with E-state index in [0.29, 0.717) is 11.5 Å². The molecule has 1 fully saturated rings. The van der Waals surface area contributed by atoms with Gasteiger partial charge in [0.15, 0.2) is 0 Å². The SMILES string of the molecule is CC(C)(C)C[C@@H]1C[C@@H]1N. The number of hydrogen-bond donors (Lipinski definition) is 1. The summed E-state index contributed by atoms with van der Waals surface area (Å²) in [5.74, 6) is 0.838. The maximum atomic E-state index is 5.67. The highest BCUT2D eigenvalue weighted by molar-refractivity contribution is 4.92. The Morgan fingerprint density at radius 1 is 1.44 bits per heavy atom. The van der Waals surface area contributed by atoms with E-state index in [2.05, 4.69) is 20.8 Å². The van der Waals surface area contributed by atoms with Gasteiger partial charge in [-0.3, -0.25) is 0 Å². The molecule has 0 aliphatic heterocycles. The van der Waals surface area contributed by atoms with Gasteiger partial charge in [-0.2, -0.15) is 0 Å². The molecular weight excluding hydrogens is 110 g/mol. The molecule has 0 aromatic carbocycles. The van der Waals surface area contributed by atoms with Crippen LogP contribution in [0.2, 0.25) is 0 Å². The topological polar surface area (TPSA) is 26.0 Å². The van der Waals surface area contributed by atoms with Crippen molar-refractivity contribution in [3.8, 4) is 0 Å². The highest BCUT2D eigenvalue weighted by Gasteiger charge is 2.35. The average molecular weight is 127 g/mol. The Morgan fingerprint density at radius 2 is 1.89 bits per heavy atom. The molecule has 0 bridgehead atoms. The monoisotopic (exact) mass is 127 g/mol. The van der Waals surface area contributed by atoms with Gasteiger partial charge in [0, 0.05) is 6.04 Å². The molecule has 2 N–H and O–H groups in total. The summed E-state index contributed by atoms with van der Waals surface area (Å²) in [6.45, 7) is 6.83. The summed E-state index contributed by atoms with van der Waals surface area (Å²) in [5.41, 5.74) is 6.16. The Bertz CT molecular complexity index is 102. The maximum Gasteiger partial charge on any atom is 0.00711 e. The Kier molecular flexibility index (Phi) is 1.55. The Hall–Kier alpha value is -0.0400. The minimum Gasteiger partial charge on any atom is -0.327 e. The Morgan fingerprint density at radius 3 is 2.00 bits per heavy atom. The van der Waals surface area contributed by atoms with Gasteiger partial charge in [0.1, 0.15) is 0 Å². The van der Waals surface area contributed by atoms with Crippen LogP contribution in [0.4, 0.5) is 0 Å². The summed E-state index contributed by atoms with van der Waals surface area (Å²) < 4.78 is 0. The second kappa shape index (κ2) is 1.98. The van der Waals surface area contributed by atoms with Gasteiger partial charge in [-0.15, -0.1) is 0 Å². The van der Waals surface area contributed by atoms with E-state index in [0.717, 1.165) is 5.92 Å². The molecule has 0 aromatic heterocycles. The molecule has 54 valence electrons. The molecule has 0 heterocycles. The van der Waals surface area contributed by atoms with Crippen LogP contribution in [0.5, 0.6) is 0 Å². The molecule has 1 aliphatic carbocycles. The third kappa shape index (κ3) is 2.35. The zero-order valence-electron chi connectivity index (χ0n) is 6.65. The van der Waals surface area contributed by atoms with Crippen molar-refractivity contribution in [1.82, 2.24) is 0 Å². The van der Waals surface area contributed by atoms with E-state index in [1.807, 2.05) is 0 Å². The third-order valence-corrected chi connectivity index (χ3v) is 1.85. The van der Waals surface area contributed by atoms with E-state index in [-0.39, 0.29) is 0 Å². The lowest BCUT2D eigenvalue weighted by Crippen LogP contribution is -2.10. The zero-order valence-corrected chi connectivity index (χ0v) is 6.65. The second-order valence-electron chi connectivity index (χ2n) is 4.42. The van der Waals surface area contributed by atoms with Crippen LogP contribution in [-0.2, 0) is 0 Å². The molecule has 9 heavy (non-hydrogen) atoms. The van der Waals surface area contributed by atoms with Gasteiger partial charge in [0.25, 0.3) is 0 Å². The summed E-state index contributed by atoms with van der Waals surface area (Å²) in [6, 6.07) is 0.532. The van der Waals surface area contributed by atoms with E-state index in [1.165, 1.54) is 12.8 Å². The summed E-state index contributed by atoms with van der Waals surface area (Å²) in [4.78, 5) is 0. The lowest BCUT2D eigenvalue weighted by atomic mass is 9.89. The summed E-state index contributed by atoms with van der Waals surface area (Å²) in [7, 11) is 0. The molecular formula is C8H17N. The summed E-state index contributed by atoms with van der Waals surface area (Å²) >= 11 is 0. The summed E-state index contributed by atoms with van der Waals surface area (Å²) in [6.07, 6.45) is 2.56. The third-order valence-electron chi connectivity index (χ3n) is 1.85. The fraction of sp³-hybridized carbons (Fsp3) is 1.00. The van der Waals surface area contributed by atoms with Crippen molar-refractivity contribution in [1.29, 1.82) is 0 Å². The summed E-state index contributed by atoms with van der Waals surface area (Å²) in [5, 5.41) is 0. The van der Waals surface area contributed by atoms with Gasteiger partial charge in [0.2, 0.25) is 0 Å². The van der Waals surface area contributed by atoms with Crippen molar-refractivity contribution < 1.29 is 0 Å². The minimum atomic E-state index is 0.485. The Labute approximate surface area is 57.6 Å². The van der Waals surface area contributed by atoms with Crippen LogP contribution in [0, 0.1) is 11.3 Å². The first-order valence-corrected chi connectivity index (χ1v) is 3.74. The van der Waals surface area contributed by atoms with Gasteiger partial charge in [-0.1, -0.05) is 20.8 Å². The van der Waals surface area contributed by atoms with Crippen molar-refractivity contribution in [2.24, 2.45) is 17.1 Å². The van der Waals surface area contributed by atoms with E-state index in [4.69, 9.17) is 5.73 Å². The first kappa shape index (κ1) is 7.07. The van der Waals surface area contributed by atoms with Crippen molar-refractivity contribution in [3.63, 3.8) is 0 Å². The molecule has 0 unspecified atom stereocenters. The first-order chi connectivity index (χ1) is 3.99. The van der Waals surface area contributed by atoms with Gasteiger partial charge in [0.05, 0.1) is 0 Å². The van der Waals surface area contributed by atoms with Gasteiger partial charge in [-0.05, 0) is 24.2 Å². The Balaban J connectivity index is 2.19. The minimum absolute atomic E-state index is 0.485. The standard InChI is InChI=1S/C8H17N/c1-8(2,3)5-6-4-7(6)9/h6-7H,4-5,9H2,1-3H3/t6-,7-/m0/s1. The first-order valence-electron chi connectivity index (χ1n) is 3.74. The molecule has 0 spiro atoms. The zero-order chi connectivity index (χ0) is 7.07. The maximum absolute atomic E-state index is 5.67. The molecule has 0 aromatic rings. The predicted molar refractivity (Wildman–Crippen MR) is 40.2 cm³/mol. The average Bonchev–Trinajstić information content (AvgIpc) is 2.13. The van der Waals surface area contributed by atoms with E-state index in [1.54, 1.807) is 0 Å². The highest BCUT2D eigenvalue weighted by Crippen LogP contribution is 2.38. The largest absolute Gasteiger partial charge is 0.327 e. The molecule has 2 atom stereocenters. The lowest BCUT2D eigenvalue weighted by molar-refractivity contribution is 0.350. The fourth-order valence-electron chi connectivity index (χ4n) is 1.29. The predicted octanol–water partition coefficient (Wildman–Crippen LogP) is 1.77.